The van der Waals surface area contributed by atoms with Crippen LogP contribution in [0.15, 0.2) is 54.9 Å². The third kappa shape index (κ3) is 5.88. The van der Waals surface area contributed by atoms with Crippen LogP contribution in [-0.2, 0) is 16.1 Å². The van der Waals surface area contributed by atoms with Crippen molar-refractivity contribution in [2.45, 2.75) is 31.3 Å². The number of aromatic nitrogens is 2. The first kappa shape index (κ1) is 25.7. The van der Waals surface area contributed by atoms with Gasteiger partial charge in [-0.2, -0.15) is 0 Å². The minimum Gasteiger partial charge on any atom is -0.379 e. The van der Waals surface area contributed by atoms with Crippen molar-refractivity contribution < 1.29 is 9.53 Å². The summed E-state index contributed by atoms with van der Waals surface area (Å²) >= 11 is 0. The van der Waals surface area contributed by atoms with Crippen LogP contribution in [0.25, 0.3) is 17.3 Å². The molecule has 2 aromatic heterocycles. The predicted octanol–water partition coefficient (Wildman–Crippen LogP) is 4.34. The lowest BCUT2D eigenvalue weighted by Gasteiger charge is -2.29. The smallest absolute Gasteiger partial charge is 0.146 e. The number of hydrogen-bond donors (Lipinski definition) is 2. The summed E-state index contributed by atoms with van der Waals surface area (Å²) in [5, 5.41) is 6.67. The van der Waals surface area contributed by atoms with Crippen molar-refractivity contribution in [1.82, 2.24) is 25.1 Å². The van der Waals surface area contributed by atoms with Gasteiger partial charge in [0.2, 0.25) is 0 Å². The van der Waals surface area contributed by atoms with Gasteiger partial charge in [-0.05, 0) is 92.6 Å². The van der Waals surface area contributed by atoms with Gasteiger partial charge in [0.25, 0.3) is 0 Å². The molecule has 0 bridgehead atoms. The highest BCUT2D eigenvalue weighted by Gasteiger charge is 2.23. The number of carbonyl (C=O) groups excluding carboxylic acids is 1. The van der Waals surface area contributed by atoms with E-state index in [0.29, 0.717) is 11.7 Å². The maximum absolute atomic E-state index is 11.9. The summed E-state index contributed by atoms with van der Waals surface area (Å²) in [5.74, 6) is 1.29. The van der Waals surface area contributed by atoms with Crippen LogP contribution in [0.3, 0.4) is 0 Å². The van der Waals surface area contributed by atoms with Gasteiger partial charge in [0, 0.05) is 42.6 Å². The molecule has 1 aromatic carbocycles. The molecule has 1 unspecified atom stereocenters. The van der Waals surface area contributed by atoms with Gasteiger partial charge in [-0.1, -0.05) is 12.1 Å². The molecule has 5 heterocycles. The minimum absolute atomic E-state index is 0.457. The van der Waals surface area contributed by atoms with Crippen LogP contribution in [0.1, 0.15) is 47.2 Å². The number of benzene rings is 1. The number of likely N-dealkylation sites (tertiary alicyclic amines) is 1. The van der Waals surface area contributed by atoms with Crippen LogP contribution >= 0.6 is 0 Å². The number of piperidine rings is 1. The average Bonchev–Trinajstić information content (AvgIpc) is 2.98. The molecule has 2 fully saturated rings. The second-order valence-corrected chi connectivity index (χ2v) is 10.7. The largest absolute Gasteiger partial charge is 0.379 e. The fourth-order valence-corrected chi connectivity index (χ4v) is 5.69. The lowest BCUT2D eigenvalue weighted by molar-refractivity contribution is -0.109. The van der Waals surface area contributed by atoms with E-state index in [1.54, 1.807) is 0 Å². The van der Waals surface area contributed by atoms with Gasteiger partial charge in [-0.3, -0.25) is 9.88 Å². The number of morpholine rings is 1. The summed E-state index contributed by atoms with van der Waals surface area (Å²) in [5.41, 5.74) is 6.96. The zero-order valence-corrected chi connectivity index (χ0v) is 22.5. The van der Waals surface area contributed by atoms with Crippen LogP contribution in [0.5, 0.6) is 0 Å². The molecule has 2 N–H and O–H groups in total. The average molecular weight is 525 g/mol. The summed E-state index contributed by atoms with van der Waals surface area (Å²) in [6.07, 6.45) is 9.04. The second-order valence-electron chi connectivity index (χ2n) is 10.7. The molecule has 3 aliphatic heterocycles. The fraction of sp³-hybridized carbons (Fsp3) is 0.387. The lowest BCUT2D eigenvalue weighted by Crippen LogP contribution is -2.35. The van der Waals surface area contributed by atoms with Crippen molar-refractivity contribution in [2.24, 2.45) is 0 Å². The molecule has 39 heavy (non-hydrogen) atoms. The first-order valence-corrected chi connectivity index (χ1v) is 13.9. The normalized spacial score (nSPS) is 20.3. The standard InChI is InChI=1S/C31H36N6O2/c1-36-12-9-23(10-13-36)22-2-5-26(6-3-22)34-31-30-24(8-11-32-29(30)21-38)18-28(35-31)25-4-7-27(33-19-25)20-37-14-16-39-17-15-37/h2-8,11,18-19,21,23,29,32H,9-10,12-17,20H2,1H3,(H,34,35). The molecule has 2 saturated heterocycles. The Labute approximate surface area is 230 Å². The molecular weight excluding hydrogens is 488 g/mol. The summed E-state index contributed by atoms with van der Waals surface area (Å²) in [6.45, 7) is 6.52. The molecule has 6 rings (SSSR count). The molecule has 0 aliphatic carbocycles. The Hall–Kier alpha value is -3.59. The Balaban J connectivity index is 1.26. The Bertz CT molecular complexity index is 1310. The van der Waals surface area contributed by atoms with E-state index in [2.05, 4.69) is 63.9 Å². The van der Waals surface area contributed by atoms with Crippen LogP contribution in [-0.4, -0.2) is 72.5 Å². The highest BCUT2D eigenvalue weighted by Crippen LogP contribution is 2.35. The number of rotatable bonds is 7. The highest BCUT2D eigenvalue weighted by atomic mass is 16.5. The van der Waals surface area contributed by atoms with Gasteiger partial charge >= 0.3 is 0 Å². The number of anilines is 2. The molecular formula is C31H36N6O2. The number of nitrogens with one attached hydrogen (secondary N) is 2. The van der Waals surface area contributed by atoms with Crippen molar-refractivity contribution in [3.05, 3.63) is 77.2 Å². The SMILES string of the molecule is CN1CCC(c2ccc(Nc3nc(-c4ccc(CN5CCOCC5)nc4)cc4c3C(C=O)NC=C4)cc2)CC1. The molecule has 8 heteroatoms. The number of carbonyl (C=O) groups is 1. The molecule has 0 spiro atoms. The quantitative estimate of drug-likeness (QED) is 0.442. The van der Waals surface area contributed by atoms with E-state index in [-0.39, 0.29) is 0 Å². The van der Waals surface area contributed by atoms with Gasteiger partial charge in [0.1, 0.15) is 18.1 Å². The van der Waals surface area contributed by atoms with Gasteiger partial charge in [-0.25, -0.2) is 4.98 Å². The molecule has 0 amide bonds. The Morgan fingerprint density at radius 2 is 1.87 bits per heavy atom. The van der Waals surface area contributed by atoms with Crippen molar-refractivity contribution in [1.29, 1.82) is 0 Å². The number of ether oxygens (including phenoxy) is 1. The zero-order valence-electron chi connectivity index (χ0n) is 22.5. The molecule has 1 atom stereocenters. The lowest BCUT2D eigenvalue weighted by atomic mass is 9.89. The fourth-order valence-electron chi connectivity index (χ4n) is 5.69. The van der Waals surface area contributed by atoms with E-state index in [9.17, 15) is 4.79 Å². The zero-order chi connectivity index (χ0) is 26.6. The molecule has 8 nitrogen and oxygen atoms in total. The minimum atomic E-state index is -0.457. The molecule has 3 aromatic rings. The van der Waals surface area contributed by atoms with Crippen molar-refractivity contribution in [3.8, 4) is 11.3 Å². The van der Waals surface area contributed by atoms with E-state index >= 15 is 0 Å². The summed E-state index contributed by atoms with van der Waals surface area (Å²) in [7, 11) is 2.19. The van der Waals surface area contributed by atoms with E-state index in [1.165, 1.54) is 18.4 Å². The van der Waals surface area contributed by atoms with Crippen LogP contribution in [0.4, 0.5) is 11.5 Å². The van der Waals surface area contributed by atoms with E-state index in [0.717, 1.165) is 86.0 Å². The maximum atomic E-state index is 11.9. The van der Waals surface area contributed by atoms with Gasteiger partial charge in [0.15, 0.2) is 0 Å². The number of nitrogens with zero attached hydrogens (tertiary/aromatic N) is 4. The summed E-state index contributed by atoms with van der Waals surface area (Å²) in [4.78, 5) is 26.4. The van der Waals surface area contributed by atoms with Crippen LogP contribution in [0, 0.1) is 0 Å². The van der Waals surface area contributed by atoms with Crippen molar-refractivity contribution in [2.75, 3.05) is 51.8 Å². The number of aldehydes is 1. The predicted molar refractivity (Wildman–Crippen MR) is 154 cm³/mol. The molecule has 0 radical (unpaired) electrons. The third-order valence-corrected chi connectivity index (χ3v) is 8.05. The van der Waals surface area contributed by atoms with Gasteiger partial charge < -0.3 is 25.1 Å². The van der Waals surface area contributed by atoms with Crippen molar-refractivity contribution >= 4 is 23.9 Å². The Kier molecular flexibility index (Phi) is 7.67. The van der Waals surface area contributed by atoms with Gasteiger partial charge in [-0.15, -0.1) is 0 Å². The number of hydrogen-bond acceptors (Lipinski definition) is 8. The van der Waals surface area contributed by atoms with Crippen molar-refractivity contribution in [3.63, 3.8) is 0 Å². The molecule has 3 aliphatic rings. The Morgan fingerprint density at radius 1 is 1.08 bits per heavy atom. The summed E-state index contributed by atoms with van der Waals surface area (Å²) in [6, 6.07) is 14.4. The van der Waals surface area contributed by atoms with Crippen LogP contribution in [0.2, 0.25) is 0 Å². The second kappa shape index (κ2) is 11.7. The summed E-state index contributed by atoms with van der Waals surface area (Å²) < 4.78 is 5.46. The third-order valence-electron chi connectivity index (χ3n) is 8.05. The first-order valence-electron chi connectivity index (χ1n) is 13.9. The monoisotopic (exact) mass is 524 g/mol. The number of fused-ring (bicyclic) bond motifs is 1. The van der Waals surface area contributed by atoms with Crippen LogP contribution < -0.4 is 10.6 Å². The maximum Gasteiger partial charge on any atom is 0.146 e. The van der Waals surface area contributed by atoms with E-state index in [1.807, 2.05) is 24.5 Å². The Morgan fingerprint density at radius 3 is 2.59 bits per heavy atom. The highest BCUT2D eigenvalue weighted by molar-refractivity contribution is 5.80. The number of pyridine rings is 2. The van der Waals surface area contributed by atoms with E-state index in [4.69, 9.17) is 14.7 Å². The topological polar surface area (TPSA) is 82.6 Å². The van der Waals surface area contributed by atoms with E-state index < -0.39 is 6.04 Å². The molecule has 202 valence electrons. The molecule has 0 saturated carbocycles. The van der Waals surface area contributed by atoms with Gasteiger partial charge in [0.05, 0.1) is 24.6 Å². The first-order chi connectivity index (χ1) is 19.2.